The predicted octanol–water partition coefficient (Wildman–Crippen LogP) is 3.41. The van der Waals surface area contributed by atoms with Crippen molar-refractivity contribution in [1.29, 1.82) is 0 Å². The van der Waals surface area contributed by atoms with E-state index in [2.05, 4.69) is 24.3 Å². The second-order valence-electron chi connectivity index (χ2n) is 4.95. The zero-order valence-corrected chi connectivity index (χ0v) is 10.6. The minimum atomic E-state index is -0.347. The van der Waals surface area contributed by atoms with Crippen LogP contribution in [-0.4, -0.2) is 18.8 Å². The van der Waals surface area contributed by atoms with Gasteiger partial charge in [-0.1, -0.05) is 30.7 Å². The van der Waals surface area contributed by atoms with Crippen LogP contribution in [0.4, 0.5) is 0 Å². The molecule has 94 valence electrons. The lowest BCUT2D eigenvalue weighted by Crippen LogP contribution is -2.08. The summed E-state index contributed by atoms with van der Waals surface area (Å²) in [6.07, 6.45) is 5.36. The monoisotopic (exact) mass is 234 g/mol. The van der Waals surface area contributed by atoms with Gasteiger partial charge in [-0.3, -0.25) is 0 Å². The van der Waals surface area contributed by atoms with Gasteiger partial charge in [-0.2, -0.15) is 0 Å². The Morgan fingerprint density at radius 1 is 1.29 bits per heavy atom. The van der Waals surface area contributed by atoms with Crippen molar-refractivity contribution < 1.29 is 9.84 Å². The summed E-state index contributed by atoms with van der Waals surface area (Å²) in [4.78, 5) is 0. The van der Waals surface area contributed by atoms with E-state index < -0.39 is 0 Å². The highest BCUT2D eigenvalue weighted by Gasteiger charge is 2.19. The lowest BCUT2D eigenvalue weighted by molar-refractivity contribution is 0.136. The molecule has 1 atom stereocenters. The maximum Gasteiger partial charge on any atom is 0.0790 e. The highest BCUT2D eigenvalue weighted by atomic mass is 16.5. The fraction of sp³-hybridized carbons (Fsp3) is 0.600. The quantitative estimate of drug-likeness (QED) is 0.764. The van der Waals surface area contributed by atoms with Crippen LogP contribution in [0.2, 0.25) is 0 Å². The second-order valence-corrected chi connectivity index (χ2v) is 4.95. The molecular weight excluding hydrogens is 212 g/mol. The van der Waals surface area contributed by atoms with Gasteiger partial charge in [-0.05, 0) is 42.7 Å². The van der Waals surface area contributed by atoms with E-state index in [4.69, 9.17) is 4.74 Å². The third-order valence-electron chi connectivity index (χ3n) is 3.72. The number of rotatable bonds is 6. The summed E-state index contributed by atoms with van der Waals surface area (Å²) in [6, 6.07) is 8.51. The van der Waals surface area contributed by atoms with Gasteiger partial charge in [0, 0.05) is 13.7 Å². The predicted molar refractivity (Wildman–Crippen MR) is 69.1 cm³/mol. The van der Waals surface area contributed by atoms with Gasteiger partial charge in [0.05, 0.1) is 6.10 Å². The second kappa shape index (κ2) is 6.18. The highest BCUT2D eigenvalue weighted by molar-refractivity contribution is 5.27. The fourth-order valence-corrected chi connectivity index (χ4v) is 2.32. The van der Waals surface area contributed by atoms with Crippen LogP contribution in [-0.2, 0) is 4.74 Å². The molecule has 0 bridgehead atoms. The van der Waals surface area contributed by atoms with Crippen molar-refractivity contribution in [3.8, 4) is 0 Å². The van der Waals surface area contributed by atoms with Crippen molar-refractivity contribution in [3.05, 3.63) is 35.4 Å². The molecule has 1 aromatic carbocycles. The molecule has 1 aliphatic rings. The molecular formula is C15H22O2. The molecule has 1 saturated carbocycles. The SMILES string of the molecule is COCCCC(O)c1ccc(C2CCC2)cc1. The first-order chi connectivity index (χ1) is 8.31. The van der Waals surface area contributed by atoms with Crippen LogP contribution >= 0.6 is 0 Å². The van der Waals surface area contributed by atoms with Gasteiger partial charge in [0.15, 0.2) is 0 Å². The molecule has 0 aliphatic heterocycles. The first-order valence-electron chi connectivity index (χ1n) is 6.58. The summed E-state index contributed by atoms with van der Waals surface area (Å²) >= 11 is 0. The summed E-state index contributed by atoms with van der Waals surface area (Å²) in [6.45, 7) is 0.719. The van der Waals surface area contributed by atoms with Crippen molar-refractivity contribution >= 4 is 0 Å². The van der Waals surface area contributed by atoms with E-state index in [9.17, 15) is 5.11 Å². The van der Waals surface area contributed by atoms with E-state index in [0.29, 0.717) is 0 Å². The first-order valence-corrected chi connectivity index (χ1v) is 6.58. The molecule has 2 rings (SSSR count). The first kappa shape index (κ1) is 12.6. The van der Waals surface area contributed by atoms with Gasteiger partial charge < -0.3 is 9.84 Å². The Labute approximate surface area is 104 Å². The summed E-state index contributed by atoms with van der Waals surface area (Å²) < 4.78 is 4.99. The fourth-order valence-electron chi connectivity index (χ4n) is 2.32. The Bertz CT molecular complexity index is 327. The Morgan fingerprint density at radius 2 is 2.00 bits per heavy atom. The van der Waals surface area contributed by atoms with E-state index in [0.717, 1.165) is 30.9 Å². The van der Waals surface area contributed by atoms with Crippen LogP contribution in [0.15, 0.2) is 24.3 Å². The maximum absolute atomic E-state index is 9.99. The summed E-state index contributed by atoms with van der Waals surface area (Å²) in [5, 5.41) is 9.99. The Hall–Kier alpha value is -0.860. The van der Waals surface area contributed by atoms with Gasteiger partial charge in [0.25, 0.3) is 0 Å². The molecule has 0 aromatic heterocycles. The number of hydrogen-bond donors (Lipinski definition) is 1. The molecule has 0 radical (unpaired) electrons. The Kier molecular flexibility index (Phi) is 4.57. The molecule has 0 amide bonds. The third kappa shape index (κ3) is 3.30. The molecule has 0 saturated heterocycles. The van der Waals surface area contributed by atoms with Crippen LogP contribution in [0.3, 0.4) is 0 Å². The van der Waals surface area contributed by atoms with Crippen molar-refractivity contribution in [2.75, 3.05) is 13.7 Å². The van der Waals surface area contributed by atoms with Gasteiger partial charge in [0.2, 0.25) is 0 Å². The number of methoxy groups -OCH3 is 1. The molecule has 0 spiro atoms. The van der Waals surface area contributed by atoms with Gasteiger partial charge in [0.1, 0.15) is 0 Å². The van der Waals surface area contributed by atoms with Crippen LogP contribution in [0.25, 0.3) is 0 Å². The van der Waals surface area contributed by atoms with E-state index in [-0.39, 0.29) is 6.10 Å². The zero-order chi connectivity index (χ0) is 12.1. The van der Waals surface area contributed by atoms with E-state index in [1.165, 1.54) is 24.8 Å². The van der Waals surface area contributed by atoms with E-state index in [1.807, 2.05) is 0 Å². The molecule has 2 nitrogen and oxygen atoms in total. The lowest BCUT2D eigenvalue weighted by atomic mass is 9.80. The standard InChI is InChI=1S/C15H22O2/c1-17-11-3-6-15(16)14-9-7-13(8-10-14)12-4-2-5-12/h7-10,12,15-16H,2-6,11H2,1H3. The van der Waals surface area contributed by atoms with Crippen molar-refractivity contribution in [3.63, 3.8) is 0 Å². The summed E-state index contributed by atoms with van der Waals surface area (Å²) in [5.41, 5.74) is 2.47. The van der Waals surface area contributed by atoms with Crippen molar-refractivity contribution in [2.45, 2.75) is 44.1 Å². The van der Waals surface area contributed by atoms with Gasteiger partial charge in [-0.25, -0.2) is 0 Å². The van der Waals surface area contributed by atoms with E-state index in [1.54, 1.807) is 7.11 Å². The van der Waals surface area contributed by atoms with Crippen molar-refractivity contribution in [1.82, 2.24) is 0 Å². The molecule has 1 unspecified atom stereocenters. The average Bonchev–Trinajstić information content (AvgIpc) is 2.28. The number of benzene rings is 1. The Morgan fingerprint density at radius 3 is 2.53 bits per heavy atom. The molecule has 1 N–H and O–H groups in total. The van der Waals surface area contributed by atoms with Crippen LogP contribution in [0.1, 0.15) is 55.3 Å². The highest BCUT2D eigenvalue weighted by Crippen LogP contribution is 2.36. The molecule has 17 heavy (non-hydrogen) atoms. The topological polar surface area (TPSA) is 29.5 Å². The minimum absolute atomic E-state index is 0.347. The summed E-state index contributed by atoms with van der Waals surface area (Å²) in [5.74, 6) is 0.773. The number of ether oxygens (including phenoxy) is 1. The zero-order valence-electron chi connectivity index (χ0n) is 10.6. The number of aliphatic hydroxyl groups is 1. The smallest absolute Gasteiger partial charge is 0.0790 e. The largest absolute Gasteiger partial charge is 0.388 e. The van der Waals surface area contributed by atoms with Crippen LogP contribution < -0.4 is 0 Å². The normalized spacial score (nSPS) is 17.8. The molecule has 1 aliphatic carbocycles. The van der Waals surface area contributed by atoms with Crippen LogP contribution in [0, 0.1) is 0 Å². The summed E-state index contributed by atoms with van der Waals surface area (Å²) in [7, 11) is 1.69. The molecule has 0 heterocycles. The van der Waals surface area contributed by atoms with Crippen LogP contribution in [0.5, 0.6) is 0 Å². The van der Waals surface area contributed by atoms with Crippen molar-refractivity contribution in [2.24, 2.45) is 0 Å². The molecule has 1 aromatic rings. The van der Waals surface area contributed by atoms with Gasteiger partial charge >= 0.3 is 0 Å². The molecule has 1 fully saturated rings. The van der Waals surface area contributed by atoms with E-state index >= 15 is 0 Å². The van der Waals surface area contributed by atoms with Gasteiger partial charge in [-0.15, -0.1) is 0 Å². The lowest BCUT2D eigenvalue weighted by Gasteiger charge is -2.26. The minimum Gasteiger partial charge on any atom is -0.388 e. The number of aliphatic hydroxyl groups excluding tert-OH is 1. The molecule has 2 heteroatoms. The number of hydrogen-bond acceptors (Lipinski definition) is 2. The average molecular weight is 234 g/mol. The third-order valence-corrected chi connectivity index (χ3v) is 3.72. The maximum atomic E-state index is 9.99. The Balaban J connectivity index is 1.87.